The third-order valence-electron chi connectivity index (χ3n) is 3.20. The van der Waals surface area contributed by atoms with Crippen molar-refractivity contribution in [3.63, 3.8) is 0 Å². The molecule has 0 aliphatic heterocycles. The molecule has 0 saturated heterocycles. The van der Waals surface area contributed by atoms with Crippen LogP contribution < -0.4 is 10.6 Å². The highest BCUT2D eigenvalue weighted by Crippen LogP contribution is 2.19. The number of anilines is 4. The number of halogens is 1. The molecular weight excluding hydrogens is 370 g/mol. The molecule has 0 saturated carbocycles. The summed E-state index contributed by atoms with van der Waals surface area (Å²) in [7, 11) is 0. The van der Waals surface area contributed by atoms with Gasteiger partial charge in [-0.3, -0.25) is 4.79 Å². The van der Waals surface area contributed by atoms with Crippen molar-refractivity contribution in [3.8, 4) is 0 Å². The lowest BCUT2D eigenvalue weighted by atomic mass is 10.1. The van der Waals surface area contributed by atoms with E-state index in [1.807, 2.05) is 36.4 Å². The van der Waals surface area contributed by atoms with Crippen molar-refractivity contribution in [2.45, 2.75) is 6.92 Å². The van der Waals surface area contributed by atoms with Crippen molar-refractivity contribution in [2.24, 2.45) is 0 Å². The first-order chi connectivity index (χ1) is 11.6. The molecule has 6 nitrogen and oxygen atoms in total. The molecular formula is C17H14BrN5O. The second-order valence-corrected chi connectivity index (χ2v) is 5.97. The minimum absolute atomic E-state index is 0.0112. The highest BCUT2D eigenvalue weighted by molar-refractivity contribution is 9.10. The molecule has 0 bridgehead atoms. The minimum atomic E-state index is 0.0112. The molecule has 0 radical (unpaired) electrons. The molecule has 0 unspecified atom stereocenters. The fraction of sp³-hybridized carbons (Fsp3) is 0.0588. The maximum atomic E-state index is 11.5. The fourth-order valence-electron chi connectivity index (χ4n) is 2.04. The number of rotatable bonds is 5. The Hall–Kier alpha value is -2.80. The summed E-state index contributed by atoms with van der Waals surface area (Å²) in [6, 6.07) is 14.9. The second-order valence-electron chi connectivity index (χ2n) is 5.06. The standard InChI is InChI=1S/C17H14BrN5O/c1-11(24)12-3-2-4-15(9-12)20-16-10-19-23-17(22-16)21-14-7-5-13(18)6-8-14/h2-10H,1H3,(H2,20,21,22,23). The first-order valence-electron chi connectivity index (χ1n) is 7.20. The van der Waals surface area contributed by atoms with Crippen LogP contribution in [0, 0.1) is 0 Å². The maximum absolute atomic E-state index is 11.5. The summed E-state index contributed by atoms with van der Waals surface area (Å²) >= 11 is 3.39. The van der Waals surface area contributed by atoms with Gasteiger partial charge < -0.3 is 10.6 Å². The predicted molar refractivity (Wildman–Crippen MR) is 97.0 cm³/mol. The van der Waals surface area contributed by atoms with Crippen LogP contribution in [0.4, 0.5) is 23.1 Å². The molecule has 3 aromatic rings. The molecule has 2 N–H and O–H groups in total. The SMILES string of the molecule is CC(=O)c1cccc(Nc2cnnc(Nc3ccc(Br)cc3)n2)c1. The highest BCUT2D eigenvalue weighted by Gasteiger charge is 2.04. The van der Waals surface area contributed by atoms with Crippen molar-refractivity contribution < 1.29 is 4.79 Å². The van der Waals surface area contributed by atoms with Crippen molar-refractivity contribution in [1.82, 2.24) is 15.2 Å². The van der Waals surface area contributed by atoms with E-state index in [0.29, 0.717) is 17.3 Å². The average Bonchev–Trinajstić information content (AvgIpc) is 2.57. The van der Waals surface area contributed by atoms with Gasteiger partial charge in [0.05, 0.1) is 6.20 Å². The Balaban J connectivity index is 1.76. The van der Waals surface area contributed by atoms with Crippen LogP contribution in [0.1, 0.15) is 17.3 Å². The Bertz CT molecular complexity index is 867. The molecule has 1 heterocycles. The van der Waals surface area contributed by atoms with Crippen LogP contribution in [-0.4, -0.2) is 21.0 Å². The number of carbonyl (C=O) groups excluding carboxylic acids is 1. The monoisotopic (exact) mass is 383 g/mol. The van der Waals surface area contributed by atoms with Crippen molar-refractivity contribution >= 4 is 44.9 Å². The summed E-state index contributed by atoms with van der Waals surface area (Å²) in [5.74, 6) is 0.924. The number of benzene rings is 2. The molecule has 0 spiro atoms. The quantitative estimate of drug-likeness (QED) is 0.638. The van der Waals surface area contributed by atoms with Gasteiger partial charge in [0.2, 0.25) is 5.95 Å². The number of nitrogens with one attached hydrogen (secondary N) is 2. The lowest BCUT2D eigenvalue weighted by molar-refractivity contribution is 0.101. The molecule has 7 heteroatoms. The zero-order valence-electron chi connectivity index (χ0n) is 12.8. The fourth-order valence-corrected chi connectivity index (χ4v) is 2.31. The summed E-state index contributed by atoms with van der Waals surface area (Å²) in [6.07, 6.45) is 1.52. The van der Waals surface area contributed by atoms with E-state index in [-0.39, 0.29) is 5.78 Å². The normalized spacial score (nSPS) is 10.2. The lowest BCUT2D eigenvalue weighted by Crippen LogP contribution is -2.02. The summed E-state index contributed by atoms with van der Waals surface area (Å²) in [5.41, 5.74) is 2.25. The Morgan fingerprint density at radius 1 is 1.04 bits per heavy atom. The molecule has 3 rings (SSSR count). The third kappa shape index (κ3) is 4.14. The van der Waals surface area contributed by atoms with Gasteiger partial charge in [-0.2, -0.15) is 10.1 Å². The van der Waals surface area contributed by atoms with Crippen molar-refractivity contribution in [3.05, 3.63) is 64.8 Å². The Morgan fingerprint density at radius 2 is 1.83 bits per heavy atom. The Labute approximate surface area is 147 Å². The van der Waals surface area contributed by atoms with Crippen LogP contribution in [0.2, 0.25) is 0 Å². The largest absolute Gasteiger partial charge is 0.339 e. The van der Waals surface area contributed by atoms with Gasteiger partial charge >= 0.3 is 0 Å². The van der Waals surface area contributed by atoms with Gasteiger partial charge in [-0.05, 0) is 43.3 Å². The number of hydrogen-bond donors (Lipinski definition) is 2. The van der Waals surface area contributed by atoms with Crippen LogP contribution in [0.25, 0.3) is 0 Å². The number of Topliss-reactive ketones (excluding diaryl/α,β-unsaturated/α-hetero) is 1. The van der Waals surface area contributed by atoms with Crippen LogP contribution in [-0.2, 0) is 0 Å². The van der Waals surface area contributed by atoms with E-state index in [1.54, 1.807) is 12.1 Å². The van der Waals surface area contributed by atoms with Crippen LogP contribution in [0.5, 0.6) is 0 Å². The number of hydrogen-bond acceptors (Lipinski definition) is 6. The zero-order chi connectivity index (χ0) is 16.9. The first-order valence-corrected chi connectivity index (χ1v) is 8.00. The Morgan fingerprint density at radius 3 is 2.58 bits per heavy atom. The second kappa shape index (κ2) is 7.18. The number of carbonyl (C=O) groups is 1. The van der Waals surface area contributed by atoms with Gasteiger partial charge in [-0.25, -0.2) is 0 Å². The van der Waals surface area contributed by atoms with Gasteiger partial charge in [0.1, 0.15) is 0 Å². The molecule has 0 atom stereocenters. The topological polar surface area (TPSA) is 79.8 Å². The number of nitrogens with zero attached hydrogens (tertiary/aromatic N) is 3. The molecule has 120 valence electrons. The molecule has 0 aliphatic carbocycles. The number of ketones is 1. The lowest BCUT2D eigenvalue weighted by Gasteiger charge is -2.08. The molecule has 2 aromatic carbocycles. The Kier molecular flexibility index (Phi) is 4.81. The first kappa shape index (κ1) is 16.1. The van der Waals surface area contributed by atoms with Crippen LogP contribution in [0.15, 0.2) is 59.2 Å². The predicted octanol–water partition coefficient (Wildman–Crippen LogP) is 4.32. The minimum Gasteiger partial charge on any atom is -0.339 e. The van der Waals surface area contributed by atoms with Crippen molar-refractivity contribution in [2.75, 3.05) is 10.6 Å². The molecule has 0 amide bonds. The summed E-state index contributed by atoms with van der Waals surface area (Å²) in [6.45, 7) is 1.53. The van der Waals surface area contributed by atoms with E-state index in [4.69, 9.17) is 0 Å². The maximum Gasteiger partial charge on any atom is 0.249 e. The van der Waals surface area contributed by atoms with Gasteiger partial charge in [0.25, 0.3) is 0 Å². The van der Waals surface area contributed by atoms with Gasteiger partial charge in [0, 0.05) is 21.4 Å². The van der Waals surface area contributed by atoms with Crippen LogP contribution in [0.3, 0.4) is 0 Å². The van der Waals surface area contributed by atoms with Crippen LogP contribution >= 0.6 is 15.9 Å². The van der Waals surface area contributed by atoms with E-state index in [1.165, 1.54) is 13.1 Å². The average molecular weight is 384 g/mol. The summed E-state index contributed by atoms with van der Waals surface area (Å²) in [5, 5.41) is 14.1. The van der Waals surface area contributed by atoms with E-state index in [2.05, 4.69) is 41.7 Å². The molecule has 1 aromatic heterocycles. The smallest absolute Gasteiger partial charge is 0.249 e. The van der Waals surface area contributed by atoms with E-state index in [0.717, 1.165) is 15.8 Å². The number of aromatic nitrogens is 3. The zero-order valence-corrected chi connectivity index (χ0v) is 14.4. The third-order valence-corrected chi connectivity index (χ3v) is 3.73. The van der Waals surface area contributed by atoms with E-state index in [9.17, 15) is 4.79 Å². The summed E-state index contributed by atoms with van der Waals surface area (Å²) in [4.78, 5) is 15.8. The van der Waals surface area contributed by atoms with Crippen molar-refractivity contribution in [1.29, 1.82) is 0 Å². The van der Waals surface area contributed by atoms with E-state index < -0.39 is 0 Å². The van der Waals surface area contributed by atoms with Gasteiger partial charge in [0.15, 0.2) is 11.6 Å². The van der Waals surface area contributed by atoms with Gasteiger partial charge in [-0.1, -0.05) is 28.1 Å². The van der Waals surface area contributed by atoms with Gasteiger partial charge in [-0.15, -0.1) is 5.10 Å². The molecule has 0 fully saturated rings. The molecule has 0 aliphatic rings. The van der Waals surface area contributed by atoms with E-state index >= 15 is 0 Å². The summed E-state index contributed by atoms with van der Waals surface area (Å²) < 4.78 is 0.993. The molecule has 24 heavy (non-hydrogen) atoms. The highest BCUT2D eigenvalue weighted by atomic mass is 79.9.